The van der Waals surface area contributed by atoms with Crippen LogP contribution in [0.3, 0.4) is 0 Å². The Balaban J connectivity index is 1.89. The molecule has 64 valence electrons. The highest BCUT2D eigenvalue weighted by Gasteiger charge is 2.33. The van der Waals surface area contributed by atoms with E-state index in [1.165, 1.54) is 25.9 Å². The van der Waals surface area contributed by atoms with Gasteiger partial charge in [0.05, 0.1) is 0 Å². The number of piperazine rings is 1. The van der Waals surface area contributed by atoms with Crippen molar-refractivity contribution in [2.24, 2.45) is 0 Å². The van der Waals surface area contributed by atoms with Gasteiger partial charge in [-0.25, -0.2) is 0 Å². The first-order valence-corrected chi connectivity index (χ1v) is 4.76. The van der Waals surface area contributed by atoms with Gasteiger partial charge >= 0.3 is 0 Å². The molecule has 1 heterocycles. The molecule has 2 atom stereocenters. The van der Waals surface area contributed by atoms with Gasteiger partial charge in [0.1, 0.15) is 0 Å². The van der Waals surface area contributed by atoms with E-state index in [0.717, 1.165) is 6.04 Å². The topological polar surface area (TPSA) is 15.3 Å². The molecule has 2 aliphatic rings. The SMILES string of the molecule is CC1CN(C2CC2)CC(C)N1. The van der Waals surface area contributed by atoms with Crippen LogP contribution in [0.1, 0.15) is 26.7 Å². The quantitative estimate of drug-likeness (QED) is 0.602. The maximum absolute atomic E-state index is 3.55. The third-order valence-electron chi connectivity index (χ3n) is 2.65. The Kier molecular flexibility index (Phi) is 1.90. The summed E-state index contributed by atoms with van der Waals surface area (Å²) in [7, 11) is 0. The first kappa shape index (κ1) is 7.56. The Morgan fingerprint density at radius 2 is 1.64 bits per heavy atom. The minimum atomic E-state index is 0.694. The molecule has 2 heteroatoms. The molecule has 0 aromatic carbocycles. The molecule has 1 aliphatic heterocycles. The Hall–Kier alpha value is -0.0800. The van der Waals surface area contributed by atoms with Crippen molar-refractivity contribution in [2.45, 2.75) is 44.8 Å². The van der Waals surface area contributed by atoms with Crippen LogP contribution in [0.25, 0.3) is 0 Å². The van der Waals surface area contributed by atoms with E-state index < -0.39 is 0 Å². The highest BCUT2D eigenvalue weighted by atomic mass is 15.2. The van der Waals surface area contributed by atoms with E-state index in [2.05, 4.69) is 24.1 Å². The maximum atomic E-state index is 3.55. The molecule has 1 N–H and O–H groups in total. The summed E-state index contributed by atoms with van der Waals surface area (Å²) in [5.74, 6) is 0. The highest BCUT2D eigenvalue weighted by Crippen LogP contribution is 2.27. The Morgan fingerprint density at radius 1 is 1.09 bits per heavy atom. The van der Waals surface area contributed by atoms with Crippen LogP contribution in [0, 0.1) is 0 Å². The summed E-state index contributed by atoms with van der Waals surface area (Å²) in [5, 5.41) is 3.55. The lowest BCUT2D eigenvalue weighted by Gasteiger charge is -2.36. The zero-order valence-electron chi connectivity index (χ0n) is 7.51. The summed E-state index contributed by atoms with van der Waals surface area (Å²) in [4.78, 5) is 2.64. The molecular formula is C9H18N2. The number of hydrogen-bond acceptors (Lipinski definition) is 2. The molecule has 0 aromatic rings. The van der Waals surface area contributed by atoms with Gasteiger partial charge in [-0.05, 0) is 26.7 Å². The average Bonchev–Trinajstić information content (AvgIpc) is 2.64. The van der Waals surface area contributed by atoms with Gasteiger partial charge in [0.25, 0.3) is 0 Å². The Morgan fingerprint density at radius 3 is 2.09 bits per heavy atom. The van der Waals surface area contributed by atoms with Gasteiger partial charge in [-0.2, -0.15) is 0 Å². The van der Waals surface area contributed by atoms with Gasteiger partial charge in [-0.1, -0.05) is 0 Å². The molecule has 2 unspecified atom stereocenters. The second-order valence-electron chi connectivity index (χ2n) is 4.15. The van der Waals surface area contributed by atoms with Crippen molar-refractivity contribution in [1.29, 1.82) is 0 Å². The van der Waals surface area contributed by atoms with Crippen LogP contribution in [-0.2, 0) is 0 Å². The molecule has 2 nitrogen and oxygen atoms in total. The maximum Gasteiger partial charge on any atom is 0.0169 e. The predicted molar refractivity (Wildman–Crippen MR) is 46.7 cm³/mol. The van der Waals surface area contributed by atoms with Crippen LogP contribution < -0.4 is 5.32 Å². The van der Waals surface area contributed by atoms with Crippen molar-refractivity contribution in [2.75, 3.05) is 13.1 Å². The lowest BCUT2D eigenvalue weighted by atomic mass is 10.1. The van der Waals surface area contributed by atoms with E-state index in [1.54, 1.807) is 0 Å². The van der Waals surface area contributed by atoms with Crippen LogP contribution in [0.15, 0.2) is 0 Å². The fourth-order valence-corrected chi connectivity index (χ4v) is 2.11. The predicted octanol–water partition coefficient (Wildman–Crippen LogP) is 0.831. The van der Waals surface area contributed by atoms with Gasteiger partial charge in [0.15, 0.2) is 0 Å². The van der Waals surface area contributed by atoms with E-state index in [9.17, 15) is 0 Å². The number of nitrogens with one attached hydrogen (secondary N) is 1. The van der Waals surface area contributed by atoms with Crippen molar-refractivity contribution in [3.63, 3.8) is 0 Å². The van der Waals surface area contributed by atoms with Crippen molar-refractivity contribution in [3.05, 3.63) is 0 Å². The zero-order valence-corrected chi connectivity index (χ0v) is 7.51. The Bertz CT molecular complexity index is 132. The molecule has 2 rings (SSSR count). The summed E-state index contributed by atoms with van der Waals surface area (Å²) in [6, 6.07) is 2.33. The van der Waals surface area contributed by atoms with E-state index in [1.807, 2.05) is 0 Å². The van der Waals surface area contributed by atoms with Crippen LogP contribution in [0.4, 0.5) is 0 Å². The lowest BCUT2D eigenvalue weighted by Crippen LogP contribution is -2.54. The first-order valence-electron chi connectivity index (χ1n) is 4.76. The van der Waals surface area contributed by atoms with Crippen molar-refractivity contribution >= 4 is 0 Å². The summed E-state index contributed by atoms with van der Waals surface area (Å²) < 4.78 is 0. The molecule has 1 saturated heterocycles. The van der Waals surface area contributed by atoms with Crippen molar-refractivity contribution in [1.82, 2.24) is 10.2 Å². The molecule has 0 radical (unpaired) electrons. The molecule has 11 heavy (non-hydrogen) atoms. The van der Waals surface area contributed by atoms with E-state index in [4.69, 9.17) is 0 Å². The number of hydrogen-bond donors (Lipinski definition) is 1. The first-order chi connectivity index (χ1) is 5.25. The number of nitrogens with zero attached hydrogens (tertiary/aromatic N) is 1. The molecule has 0 bridgehead atoms. The van der Waals surface area contributed by atoms with E-state index in [-0.39, 0.29) is 0 Å². The minimum Gasteiger partial charge on any atom is -0.309 e. The molecule has 0 spiro atoms. The van der Waals surface area contributed by atoms with Crippen LogP contribution in [0.2, 0.25) is 0 Å². The summed E-state index contributed by atoms with van der Waals surface area (Å²) in [6.45, 7) is 7.08. The average molecular weight is 154 g/mol. The minimum absolute atomic E-state index is 0.694. The molecule has 2 fully saturated rings. The summed E-state index contributed by atoms with van der Waals surface area (Å²) in [5.41, 5.74) is 0. The normalized spacial score (nSPS) is 40.9. The lowest BCUT2D eigenvalue weighted by molar-refractivity contribution is 0.165. The zero-order chi connectivity index (χ0) is 7.84. The summed E-state index contributed by atoms with van der Waals surface area (Å²) in [6.07, 6.45) is 2.89. The standard InChI is InChI=1S/C9H18N2/c1-7-5-11(9-3-4-9)6-8(2)10-7/h7-10H,3-6H2,1-2H3. The van der Waals surface area contributed by atoms with Gasteiger partial charge in [0.2, 0.25) is 0 Å². The number of rotatable bonds is 1. The molecule has 0 amide bonds. The second-order valence-corrected chi connectivity index (χ2v) is 4.15. The highest BCUT2D eigenvalue weighted by molar-refractivity contribution is 4.91. The van der Waals surface area contributed by atoms with Gasteiger partial charge in [-0.15, -0.1) is 0 Å². The third kappa shape index (κ3) is 1.74. The fourth-order valence-electron chi connectivity index (χ4n) is 2.11. The Labute approximate surface area is 69.0 Å². The van der Waals surface area contributed by atoms with E-state index >= 15 is 0 Å². The monoisotopic (exact) mass is 154 g/mol. The molecule has 1 aliphatic carbocycles. The van der Waals surface area contributed by atoms with E-state index in [0.29, 0.717) is 12.1 Å². The summed E-state index contributed by atoms with van der Waals surface area (Å²) >= 11 is 0. The van der Waals surface area contributed by atoms with Gasteiger partial charge < -0.3 is 5.32 Å². The van der Waals surface area contributed by atoms with Gasteiger partial charge in [-0.3, -0.25) is 4.90 Å². The molecule has 0 aromatic heterocycles. The van der Waals surface area contributed by atoms with Crippen LogP contribution in [0.5, 0.6) is 0 Å². The molecule has 1 saturated carbocycles. The fraction of sp³-hybridized carbons (Fsp3) is 1.00. The second kappa shape index (κ2) is 2.76. The van der Waals surface area contributed by atoms with Crippen LogP contribution in [-0.4, -0.2) is 36.1 Å². The largest absolute Gasteiger partial charge is 0.309 e. The smallest absolute Gasteiger partial charge is 0.0169 e. The van der Waals surface area contributed by atoms with Gasteiger partial charge in [0, 0.05) is 31.2 Å². The van der Waals surface area contributed by atoms with Crippen molar-refractivity contribution in [3.8, 4) is 0 Å². The molecular weight excluding hydrogens is 136 g/mol. The van der Waals surface area contributed by atoms with Crippen molar-refractivity contribution < 1.29 is 0 Å². The third-order valence-corrected chi connectivity index (χ3v) is 2.65. The van der Waals surface area contributed by atoms with Crippen LogP contribution >= 0.6 is 0 Å².